The summed E-state index contributed by atoms with van der Waals surface area (Å²) < 4.78 is 26.1. The lowest BCUT2D eigenvalue weighted by Crippen LogP contribution is -2.26. The number of hydrogen-bond donors (Lipinski definition) is 2. The average Bonchev–Trinajstić information content (AvgIpc) is 2.57. The van der Waals surface area contributed by atoms with Gasteiger partial charge in [0.1, 0.15) is 5.75 Å². The van der Waals surface area contributed by atoms with Crippen molar-refractivity contribution >= 4 is 10.0 Å². The zero-order valence-corrected chi connectivity index (χ0v) is 15.0. The first kappa shape index (κ1) is 18.4. The van der Waals surface area contributed by atoms with Crippen LogP contribution >= 0.6 is 0 Å². The number of rotatable bonds is 7. The zero-order valence-electron chi connectivity index (χ0n) is 14.2. The summed E-state index contributed by atoms with van der Waals surface area (Å²) in [5.74, 6) is 0.242. The van der Waals surface area contributed by atoms with Crippen LogP contribution in [0.2, 0.25) is 0 Å². The number of benzene rings is 2. The zero-order chi connectivity index (χ0) is 17.7. The largest absolute Gasteiger partial charge is 0.508 e. The van der Waals surface area contributed by atoms with E-state index in [9.17, 15) is 13.5 Å². The molecule has 2 aromatic rings. The molecule has 0 aromatic heterocycles. The molecule has 0 fully saturated rings. The molecular weight excluding hydrogens is 324 g/mol. The number of nitrogens with zero attached hydrogens (tertiary/aromatic N) is 1. The van der Waals surface area contributed by atoms with Crippen LogP contribution in [0.1, 0.15) is 30.5 Å². The van der Waals surface area contributed by atoms with Crippen LogP contribution in [-0.4, -0.2) is 31.9 Å². The Morgan fingerprint density at radius 1 is 1.08 bits per heavy atom. The van der Waals surface area contributed by atoms with E-state index in [1.165, 1.54) is 18.4 Å². The summed E-state index contributed by atoms with van der Waals surface area (Å²) in [5.41, 5.74) is 1.52. The fourth-order valence-electron chi connectivity index (χ4n) is 2.59. The van der Waals surface area contributed by atoms with Crippen molar-refractivity contribution in [3.05, 3.63) is 59.7 Å². The molecule has 0 aliphatic carbocycles. The predicted molar refractivity (Wildman–Crippen MR) is 95.3 cm³/mol. The van der Waals surface area contributed by atoms with E-state index in [2.05, 4.69) is 5.32 Å². The van der Waals surface area contributed by atoms with Crippen LogP contribution in [0.15, 0.2) is 53.4 Å². The molecular formula is C18H24N2O3S. The van der Waals surface area contributed by atoms with E-state index in [0.717, 1.165) is 12.0 Å². The summed E-state index contributed by atoms with van der Waals surface area (Å²) in [4.78, 5) is 0.301. The second kappa shape index (κ2) is 7.79. The van der Waals surface area contributed by atoms with Crippen LogP contribution in [-0.2, 0) is 16.6 Å². The summed E-state index contributed by atoms with van der Waals surface area (Å²) in [6, 6.07) is 14.1. The molecule has 0 spiro atoms. The number of hydrogen-bond acceptors (Lipinski definition) is 4. The molecule has 0 heterocycles. The third kappa shape index (κ3) is 3.95. The van der Waals surface area contributed by atoms with Gasteiger partial charge in [0.15, 0.2) is 0 Å². The van der Waals surface area contributed by atoms with Gasteiger partial charge in [0.05, 0.1) is 4.90 Å². The Balaban J connectivity index is 2.25. The highest BCUT2D eigenvalue weighted by molar-refractivity contribution is 7.89. The Morgan fingerprint density at radius 3 is 2.33 bits per heavy atom. The topological polar surface area (TPSA) is 69.6 Å². The summed E-state index contributed by atoms with van der Waals surface area (Å²) in [6.45, 7) is 2.42. The molecule has 24 heavy (non-hydrogen) atoms. The molecule has 2 N–H and O–H groups in total. The standard InChI is InChI=1S/C18H24N2O3S/c1-4-16(15-10-6-7-11-17(15)21)19-13-14-9-5-8-12-18(14)24(22,23)20(2)3/h5-12,16,19,21H,4,13H2,1-3H3. The fraction of sp³-hybridized carbons (Fsp3) is 0.333. The number of para-hydroxylation sites is 1. The minimum absolute atomic E-state index is 0.0543. The molecule has 5 nitrogen and oxygen atoms in total. The van der Waals surface area contributed by atoms with Crippen LogP contribution in [0.4, 0.5) is 0 Å². The molecule has 6 heteroatoms. The van der Waals surface area contributed by atoms with Crippen molar-refractivity contribution in [1.29, 1.82) is 0 Å². The maximum Gasteiger partial charge on any atom is 0.242 e. The Morgan fingerprint density at radius 2 is 1.71 bits per heavy atom. The van der Waals surface area contributed by atoms with Crippen LogP contribution in [0, 0.1) is 0 Å². The van der Waals surface area contributed by atoms with Gasteiger partial charge in [0.25, 0.3) is 0 Å². The van der Waals surface area contributed by atoms with Gasteiger partial charge < -0.3 is 10.4 Å². The lowest BCUT2D eigenvalue weighted by atomic mass is 10.0. The Hall–Kier alpha value is -1.89. The van der Waals surface area contributed by atoms with Gasteiger partial charge in [-0.2, -0.15) is 0 Å². The Kier molecular flexibility index (Phi) is 5.99. The van der Waals surface area contributed by atoms with E-state index in [0.29, 0.717) is 17.0 Å². The van der Waals surface area contributed by atoms with E-state index in [1.807, 2.05) is 25.1 Å². The van der Waals surface area contributed by atoms with E-state index < -0.39 is 10.0 Å². The van der Waals surface area contributed by atoms with Gasteiger partial charge in [-0.25, -0.2) is 12.7 Å². The van der Waals surface area contributed by atoms with Crippen LogP contribution in [0.5, 0.6) is 5.75 Å². The third-order valence-electron chi connectivity index (χ3n) is 3.99. The maximum atomic E-state index is 12.4. The lowest BCUT2D eigenvalue weighted by Gasteiger charge is -2.20. The first-order valence-electron chi connectivity index (χ1n) is 7.89. The number of aromatic hydroxyl groups is 1. The number of nitrogens with one attached hydrogen (secondary N) is 1. The fourth-order valence-corrected chi connectivity index (χ4v) is 3.70. The maximum absolute atomic E-state index is 12.4. The van der Waals surface area contributed by atoms with Crippen molar-refractivity contribution in [2.45, 2.75) is 30.8 Å². The molecule has 0 saturated carbocycles. The molecule has 0 radical (unpaired) electrons. The molecule has 0 amide bonds. The normalized spacial score (nSPS) is 13.2. The van der Waals surface area contributed by atoms with Gasteiger partial charge in [-0.1, -0.05) is 43.3 Å². The average molecular weight is 348 g/mol. The van der Waals surface area contributed by atoms with Gasteiger partial charge >= 0.3 is 0 Å². The molecule has 2 rings (SSSR count). The number of phenols is 1. The van der Waals surface area contributed by atoms with Crippen molar-refractivity contribution in [3.8, 4) is 5.75 Å². The van der Waals surface area contributed by atoms with Gasteiger partial charge in [0.2, 0.25) is 10.0 Å². The first-order chi connectivity index (χ1) is 11.4. The minimum Gasteiger partial charge on any atom is -0.508 e. The second-order valence-corrected chi connectivity index (χ2v) is 7.92. The molecule has 130 valence electrons. The minimum atomic E-state index is -3.49. The Labute approximate surface area is 144 Å². The number of phenolic OH excluding ortho intramolecular Hbond substituents is 1. The van der Waals surface area contributed by atoms with Gasteiger partial charge in [-0.15, -0.1) is 0 Å². The van der Waals surface area contributed by atoms with E-state index in [4.69, 9.17) is 0 Å². The quantitative estimate of drug-likeness (QED) is 0.807. The molecule has 0 aliphatic rings. The van der Waals surface area contributed by atoms with Crippen molar-refractivity contribution < 1.29 is 13.5 Å². The highest BCUT2D eigenvalue weighted by Gasteiger charge is 2.21. The highest BCUT2D eigenvalue weighted by Crippen LogP contribution is 2.27. The van der Waals surface area contributed by atoms with Crippen LogP contribution < -0.4 is 5.32 Å². The Bertz CT molecular complexity index is 788. The summed E-state index contributed by atoms with van der Waals surface area (Å²) in [6.07, 6.45) is 0.778. The van der Waals surface area contributed by atoms with E-state index in [1.54, 1.807) is 30.3 Å². The van der Waals surface area contributed by atoms with Crippen LogP contribution in [0.3, 0.4) is 0 Å². The predicted octanol–water partition coefficient (Wildman–Crippen LogP) is 2.88. The summed E-state index contributed by atoms with van der Waals surface area (Å²) in [7, 11) is -0.443. The molecule has 0 aliphatic heterocycles. The lowest BCUT2D eigenvalue weighted by molar-refractivity contribution is 0.439. The van der Waals surface area contributed by atoms with Crippen molar-refractivity contribution in [2.24, 2.45) is 0 Å². The summed E-state index contributed by atoms with van der Waals surface area (Å²) >= 11 is 0. The van der Waals surface area contributed by atoms with Crippen molar-refractivity contribution in [2.75, 3.05) is 14.1 Å². The monoisotopic (exact) mass is 348 g/mol. The second-order valence-electron chi connectivity index (χ2n) is 5.80. The molecule has 1 atom stereocenters. The third-order valence-corrected chi connectivity index (χ3v) is 5.91. The number of sulfonamides is 1. The first-order valence-corrected chi connectivity index (χ1v) is 9.33. The SMILES string of the molecule is CCC(NCc1ccccc1S(=O)(=O)N(C)C)c1ccccc1O. The summed E-state index contributed by atoms with van der Waals surface area (Å²) in [5, 5.41) is 13.4. The van der Waals surface area contributed by atoms with Gasteiger partial charge in [-0.05, 0) is 24.1 Å². The van der Waals surface area contributed by atoms with Gasteiger partial charge in [-0.3, -0.25) is 0 Å². The molecule has 0 bridgehead atoms. The van der Waals surface area contributed by atoms with E-state index >= 15 is 0 Å². The van der Waals surface area contributed by atoms with E-state index in [-0.39, 0.29) is 11.8 Å². The molecule has 2 aromatic carbocycles. The van der Waals surface area contributed by atoms with Crippen LogP contribution in [0.25, 0.3) is 0 Å². The molecule has 0 saturated heterocycles. The van der Waals surface area contributed by atoms with Gasteiger partial charge in [0, 0.05) is 32.2 Å². The van der Waals surface area contributed by atoms with Crippen molar-refractivity contribution in [3.63, 3.8) is 0 Å². The molecule has 1 unspecified atom stereocenters. The van der Waals surface area contributed by atoms with Crippen molar-refractivity contribution in [1.82, 2.24) is 9.62 Å². The highest BCUT2D eigenvalue weighted by atomic mass is 32.2. The smallest absolute Gasteiger partial charge is 0.242 e.